The van der Waals surface area contributed by atoms with Crippen molar-refractivity contribution in [1.82, 2.24) is 0 Å². The Hall–Kier alpha value is -1.02. The van der Waals surface area contributed by atoms with Gasteiger partial charge in [-0.15, -0.1) is 11.6 Å². The molecular formula is C11H13ClO2. The highest BCUT2D eigenvalue weighted by atomic mass is 35.5. The molecule has 0 spiro atoms. The maximum Gasteiger partial charge on any atom is 0.335 e. The minimum absolute atomic E-state index is 0.371. The summed E-state index contributed by atoms with van der Waals surface area (Å²) in [5.74, 6) is -0.503. The zero-order valence-electron chi connectivity index (χ0n) is 8.09. The van der Waals surface area contributed by atoms with Crippen LogP contribution in [-0.2, 0) is 12.3 Å². The van der Waals surface area contributed by atoms with Gasteiger partial charge < -0.3 is 5.11 Å². The second-order valence-electron chi connectivity index (χ2n) is 3.13. The van der Waals surface area contributed by atoms with Crippen LogP contribution in [-0.4, -0.2) is 11.1 Å². The molecule has 0 aromatic heterocycles. The molecule has 2 nitrogen and oxygen atoms in total. The quantitative estimate of drug-likeness (QED) is 0.779. The Bertz CT molecular complexity index is 334. The molecule has 1 rings (SSSR count). The van der Waals surface area contributed by atoms with Crippen LogP contribution in [0, 0.1) is 0 Å². The number of carbonyl (C=O) groups is 1. The number of alkyl halides is 1. The van der Waals surface area contributed by atoms with Crippen LogP contribution >= 0.6 is 11.6 Å². The maximum atomic E-state index is 10.9. The molecule has 0 amide bonds. The van der Waals surface area contributed by atoms with Gasteiger partial charge in [0.2, 0.25) is 0 Å². The molecule has 0 saturated carbocycles. The summed E-state index contributed by atoms with van der Waals surface area (Å²) in [6.07, 6.45) is 1.69. The Kier molecular flexibility index (Phi) is 3.96. The molecule has 1 aromatic carbocycles. The minimum atomic E-state index is -0.875. The lowest BCUT2D eigenvalue weighted by Gasteiger charge is -2.09. The second kappa shape index (κ2) is 5.01. The molecule has 0 saturated heterocycles. The fourth-order valence-corrected chi connectivity index (χ4v) is 1.76. The van der Waals surface area contributed by atoms with Crippen LogP contribution in [0.4, 0.5) is 0 Å². The fourth-order valence-electron chi connectivity index (χ4n) is 1.51. The first kappa shape index (κ1) is 11.1. The lowest BCUT2D eigenvalue weighted by molar-refractivity contribution is 0.0695. The van der Waals surface area contributed by atoms with E-state index in [2.05, 4.69) is 0 Å². The van der Waals surface area contributed by atoms with Crippen molar-refractivity contribution in [2.75, 3.05) is 0 Å². The third-order valence-electron chi connectivity index (χ3n) is 2.15. The van der Waals surface area contributed by atoms with E-state index >= 15 is 0 Å². The van der Waals surface area contributed by atoms with Gasteiger partial charge in [-0.25, -0.2) is 4.79 Å². The summed E-state index contributed by atoms with van der Waals surface area (Å²) in [4.78, 5) is 10.9. The van der Waals surface area contributed by atoms with Crippen molar-refractivity contribution in [3.63, 3.8) is 0 Å². The molecular weight excluding hydrogens is 200 g/mol. The monoisotopic (exact) mass is 212 g/mol. The summed E-state index contributed by atoms with van der Waals surface area (Å²) in [6.45, 7) is 2.02. The average Bonchev–Trinajstić information content (AvgIpc) is 2.18. The van der Waals surface area contributed by atoms with E-state index in [0.29, 0.717) is 11.4 Å². The second-order valence-corrected chi connectivity index (χ2v) is 3.40. The van der Waals surface area contributed by atoms with E-state index in [1.807, 2.05) is 13.0 Å². The molecule has 0 radical (unpaired) electrons. The molecule has 14 heavy (non-hydrogen) atoms. The highest BCUT2D eigenvalue weighted by Crippen LogP contribution is 2.18. The van der Waals surface area contributed by atoms with Crippen LogP contribution in [0.1, 0.15) is 34.8 Å². The molecule has 0 aliphatic heterocycles. The Morgan fingerprint density at radius 2 is 2.21 bits per heavy atom. The number of halogens is 1. The van der Waals surface area contributed by atoms with E-state index in [1.165, 1.54) is 0 Å². The highest BCUT2D eigenvalue weighted by Gasteiger charge is 2.11. The predicted octanol–water partition coefficient (Wildman–Crippen LogP) is 3.08. The van der Waals surface area contributed by atoms with Gasteiger partial charge in [0.25, 0.3) is 0 Å². The summed E-state index contributed by atoms with van der Waals surface area (Å²) in [6, 6.07) is 5.24. The molecule has 1 N–H and O–H groups in total. The number of hydrogen-bond acceptors (Lipinski definition) is 1. The first-order valence-corrected chi connectivity index (χ1v) is 5.14. The van der Waals surface area contributed by atoms with E-state index in [0.717, 1.165) is 24.0 Å². The number of aromatic carboxylic acids is 1. The summed E-state index contributed by atoms with van der Waals surface area (Å²) < 4.78 is 0. The molecule has 0 heterocycles. The van der Waals surface area contributed by atoms with Crippen LogP contribution < -0.4 is 0 Å². The molecule has 0 aliphatic rings. The summed E-state index contributed by atoms with van der Waals surface area (Å²) in [5, 5.41) is 8.97. The first-order chi connectivity index (χ1) is 6.70. The van der Waals surface area contributed by atoms with Gasteiger partial charge in [0.1, 0.15) is 0 Å². The van der Waals surface area contributed by atoms with Gasteiger partial charge in [0, 0.05) is 5.88 Å². The topological polar surface area (TPSA) is 37.3 Å². The van der Waals surface area contributed by atoms with Crippen LogP contribution in [0.3, 0.4) is 0 Å². The van der Waals surface area contributed by atoms with E-state index in [9.17, 15) is 4.79 Å². The maximum absolute atomic E-state index is 10.9. The fraction of sp³-hybridized carbons (Fsp3) is 0.364. The number of rotatable bonds is 4. The van der Waals surface area contributed by atoms with Crippen molar-refractivity contribution in [3.8, 4) is 0 Å². The third kappa shape index (κ3) is 2.26. The molecule has 0 unspecified atom stereocenters. The first-order valence-electron chi connectivity index (χ1n) is 4.60. The van der Waals surface area contributed by atoms with Crippen LogP contribution in [0.15, 0.2) is 18.2 Å². The molecule has 0 bridgehead atoms. The lowest BCUT2D eigenvalue weighted by atomic mass is 9.98. The Morgan fingerprint density at radius 3 is 2.71 bits per heavy atom. The molecule has 3 heteroatoms. The average molecular weight is 213 g/mol. The van der Waals surface area contributed by atoms with Crippen molar-refractivity contribution >= 4 is 17.6 Å². The van der Waals surface area contributed by atoms with Gasteiger partial charge in [-0.1, -0.05) is 25.5 Å². The standard InChI is InChI=1S/C11H13ClO2/c1-2-4-9-8(7-12)5-3-6-10(9)11(13)14/h3,5-6H,2,4,7H2,1H3,(H,13,14). The zero-order valence-corrected chi connectivity index (χ0v) is 8.84. The molecule has 1 aromatic rings. The van der Waals surface area contributed by atoms with E-state index in [-0.39, 0.29) is 0 Å². The predicted molar refractivity (Wildman–Crippen MR) is 57.0 cm³/mol. The van der Waals surface area contributed by atoms with Gasteiger partial charge in [-0.05, 0) is 23.6 Å². The smallest absolute Gasteiger partial charge is 0.335 e. The SMILES string of the molecule is CCCc1c(CCl)cccc1C(=O)O. The van der Waals surface area contributed by atoms with Crippen molar-refractivity contribution in [3.05, 3.63) is 34.9 Å². The van der Waals surface area contributed by atoms with Crippen LogP contribution in [0.5, 0.6) is 0 Å². The van der Waals surface area contributed by atoms with Crippen molar-refractivity contribution in [2.45, 2.75) is 25.6 Å². The van der Waals surface area contributed by atoms with Crippen molar-refractivity contribution in [2.24, 2.45) is 0 Å². The minimum Gasteiger partial charge on any atom is -0.478 e. The molecule has 0 atom stereocenters. The lowest BCUT2D eigenvalue weighted by Crippen LogP contribution is -2.05. The van der Waals surface area contributed by atoms with Gasteiger partial charge in [-0.3, -0.25) is 0 Å². The Labute approximate surface area is 88.5 Å². The number of hydrogen-bond donors (Lipinski definition) is 1. The zero-order chi connectivity index (χ0) is 10.6. The molecule has 76 valence electrons. The van der Waals surface area contributed by atoms with Gasteiger partial charge >= 0.3 is 5.97 Å². The van der Waals surface area contributed by atoms with Crippen LogP contribution in [0.25, 0.3) is 0 Å². The normalized spacial score (nSPS) is 10.1. The summed E-state index contributed by atoms with van der Waals surface area (Å²) in [7, 11) is 0. The number of carboxylic acids is 1. The Morgan fingerprint density at radius 1 is 1.50 bits per heavy atom. The largest absolute Gasteiger partial charge is 0.478 e. The summed E-state index contributed by atoms with van der Waals surface area (Å²) >= 11 is 5.75. The van der Waals surface area contributed by atoms with E-state index < -0.39 is 5.97 Å². The molecule has 0 fully saturated rings. The van der Waals surface area contributed by atoms with Crippen molar-refractivity contribution < 1.29 is 9.90 Å². The number of benzene rings is 1. The van der Waals surface area contributed by atoms with Crippen LogP contribution in [0.2, 0.25) is 0 Å². The van der Waals surface area contributed by atoms with Crippen molar-refractivity contribution in [1.29, 1.82) is 0 Å². The van der Waals surface area contributed by atoms with E-state index in [4.69, 9.17) is 16.7 Å². The summed E-state index contributed by atoms with van der Waals surface area (Å²) in [5.41, 5.74) is 2.18. The van der Waals surface area contributed by atoms with Gasteiger partial charge in [0.15, 0.2) is 0 Å². The third-order valence-corrected chi connectivity index (χ3v) is 2.44. The van der Waals surface area contributed by atoms with E-state index in [1.54, 1.807) is 12.1 Å². The Balaban J connectivity index is 3.20. The highest BCUT2D eigenvalue weighted by molar-refractivity contribution is 6.17. The van der Waals surface area contributed by atoms with Gasteiger partial charge in [-0.2, -0.15) is 0 Å². The molecule has 0 aliphatic carbocycles. The van der Waals surface area contributed by atoms with Gasteiger partial charge in [0.05, 0.1) is 5.56 Å². The number of carboxylic acid groups (broad SMARTS) is 1.